The fraction of sp³-hybridized carbons (Fsp3) is 0.500. The third-order valence-corrected chi connectivity index (χ3v) is 7.17. The first-order chi connectivity index (χ1) is 18.5. The highest BCUT2D eigenvalue weighted by molar-refractivity contribution is 5.39. The maximum absolute atomic E-state index is 14.3. The van der Waals surface area contributed by atoms with Gasteiger partial charge < -0.3 is 24.8 Å². The zero-order valence-corrected chi connectivity index (χ0v) is 20.7. The van der Waals surface area contributed by atoms with E-state index in [-0.39, 0.29) is 30.1 Å². The number of rotatable bonds is 6. The van der Waals surface area contributed by atoms with E-state index in [0.717, 1.165) is 6.07 Å². The van der Waals surface area contributed by atoms with Gasteiger partial charge in [0.2, 0.25) is 5.95 Å². The summed E-state index contributed by atoms with van der Waals surface area (Å²) in [5.74, 6) is -4.25. The maximum atomic E-state index is 14.3. The van der Waals surface area contributed by atoms with Crippen LogP contribution < -0.4 is 20.3 Å². The zero-order valence-electron chi connectivity index (χ0n) is 20.7. The van der Waals surface area contributed by atoms with Crippen LogP contribution in [0.2, 0.25) is 0 Å². The summed E-state index contributed by atoms with van der Waals surface area (Å²) in [6.07, 6.45) is -0.613. The minimum Gasteiger partial charge on any atom is -0.487 e. The minimum absolute atomic E-state index is 0.00334. The smallest absolute Gasteiger partial charge is 0.455 e. The normalized spacial score (nSPS) is 21.4. The number of halogens is 6. The number of ether oxygens (including phenoxy) is 1. The van der Waals surface area contributed by atoms with Gasteiger partial charge in [0.25, 0.3) is 5.82 Å². The molecule has 2 N–H and O–H groups in total. The number of nitrogens with two attached hydrogens (primary N) is 1. The van der Waals surface area contributed by atoms with Crippen molar-refractivity contribution in [3.8, 4) is 5.75 Å². The summed E-state index contributed by atoms with van der Waals surface area (Å²) in [4.78, 5) is 15.4. The lowest BCUT2D eigenvalue weighted by atomic mass is 9.92. The van der Waals surface area contributed by atoms with Gasteiger partial charge in [-0.05, 0) is 42.5 Å². The Morgan fingerprint density at radius 1 is 1.00 bits per heavy atom. The molecular formula is C24H25F6N7O2. The average molecular weight is 557 g/mol. The van der Waals surface area contributed by atoms with Gasteiger partial charge in [0, 0.05) is 44.2 Å². The molecule has 3 atom stereocenters. The summed E-state index contributed by atoms with van der Waals surface area (Å²) >= 11 is 0. The molecule has 0 spiro atoms. The van der Waals surface area contributed by atoms with Crippen LogP contribution in [-0.4, -0.2) is 58.4 Å². The zero-order chi connectivity index (χ0) is 27.9. The number of hydrogen-bond donors (Lipinski definition) is 1. The average Bonchev–Trinajstić information content (AvgIpc) is 3.54. The van der Waals surface area contributed by atoms with Crippen molar-refractivity contribution in [2.45, 2.75) is 44.0 Å². The van der Waals surface area contributed by atoms with Crippen LogP contribution in [0.5, 0.6) is 5.75 Å². The first-order valence-corrected chi connectivity index (χ1v) is 12.3. The summed E-state index contributed by atoms with van der Waals surface area (Å²) in [5.41, 5.74) is 6.17. The second-order valence-electron chi connectivity index (χ2n) is 9.73. The molecule has 3 aromatic rings. The van der Waals surface area contributed by atoms with Crippen molar-refractivity contribution in [2.75, 3.05) is 36.0 Å². The van der Waals surface area contributed by atoms with E-state index in [9.17, 15) is 26.3 Å². The summed E-state index contributed by atoms with van der Waals surface area (Å²) < 4.78 is 90.2. The van der Waals surface area contributed by atoms with Crippen LogP contribution in [0.25, 0.3) is 0 Å². The van der Waals surface area contributed by atoms with Gasteiger partial charge in [0.05, 0.1) is 18.5 Å². The van der Waals surface area contributed by atoms with Gasteiger partial charge in [0.1, 0.15) is 5.82 Å². The van der Waals surface area contributed by atoms with Crippen molar-refractivity contribution in [3.63, 3.8) is 0 Å². The molecule has 0 amide bonds. The second-order valence-corrected chi connectivity index (χ2v) is 9.73. The maximum Gasteiger partial charge on any atom is 0.455 e. The highest BCUT2D eigenvalue weighted by Crippen LogP contribution is 2.33. The molecule has 0 saturated carbocycles. The van der Waals surface area contributed by atoms with Crippen molar-refractivity contribution in [2.24, 2.45) is 11.7 Å². The molecule has 1 aromatic carbocycles. The first kappa shape index (κ1) is 27.0. The molecule has 0 radical (unpaired) electrons. The number of hydrogen-bond acceptors (Lipinski definition) is 9. The van der Waals surface area contributed by atoms with Crippen molar-refractivity contribution in [3.05, 3.63) is 53.4 Å². The molecule has 2 aromatic heterocycles. The van der Waals surface area contributed by atoms with Crippen molar-refractivity contribution < 1.29 is 35.6 Å². The topological polar surface area (TPSA) is 106 Å². The number of anilines is 2. The highest BCUT2D eigenvalue weighted by atomic mass is 19.4. The standard InChI is InChI=1S/C24H25F6N7O2/c1-12(13-2-4-36(5-3-13)23-34-21(35-39-23)24(28,29)30)38-14-8-32-22(33-9-14)37-10-16(20(31)11-37)15-6-18(26)19(27)7-17(15)25/h6-9,12-13,16,20H,2-5,10-11,31H2,1H3/t12-,16+,20-/m0/s1. The van der Waals surface area contributed by atoms with Crippen molar-refractivity contribution in [1.29, 1.82) is 0 Å². The van der Waals surface area contributed by atoms with E-state index in [2.05, 4.69) is 20.1 Å². The van der Waals surface area contributed by atoms with E-state index in [1.807, 2.05) is 6.92 Å². The van der Waals surface area contributed by atoms with Crippen molar-refractivity contribution >= 4 is 12.0 Å². The van der Waals surface area contributed by atoms with Crippen LogP contribution in [0.15, 0.2) is 29.0 Å². The SMILES string of the molecule is C[C@H](Oc1cnc(N2C[C@H](c3cc(F)c(F)cc3F)[C@@H](N)C2)nc1)C1CCN(c2nc(C(F)(F)F)no2)CC1. The largest absolute Gasteiger partial charge is 0.487 e. The summed E-state index contributed by atoms with van der Waals surface area (Å²) in [6, 6.07) is 0.656. The third-order valence-electron chi connectivity index (χ3n) is 7.17. The molecule has 0 unspecified atom stereocenters. The van der Waals surface area contributed by atoms with Crippen LogP contribution in [-0.2, 0) is 6.18 Å². The van der Waals surface area contributed by atoms with Gasteiger partial charge in [-0.15, -0.1) is 0 Å². The summed E-state index contributed by atoms with van der Waals surface area (Å²) in [7, 11) is 0. The fourth-order valence-electron chi connectivity index (χ4n) is 5.01. The number of piperidine rings is 1. The quantitative estimate of drug-likeness (QED) is 0.357. The molecule has 5 rings (SSSR count). The number of aromatic nitrogens is 4. The second kappa shape index (κ2) is 10.5. The number of benzene rings is 1. The van der Waals surface area contributed by atoms with E-state index >= 15 is 0 Å². The Balaban J connectivity index is 1.15. The Morgan fingerprint density at radius 3 is 2.31 bits per heavy atom. The Labute approximate surface area is 219 Å². The molecule has 2 saturated heterocycles. The fourth-order valence-corrected chi connectivity index (χ4v) is 5.01. The Morgan fingerprint density at radius 2 is 1.67 bits per heavy atom. The molecule has 9 nitrogen and oxygen atoms in total. The third kappa shape index (κ3) is 5.72. The van der Waals surface area contributed by atoms with Crippen LogP contribution in [0.4, 0.5) is 38.3 Å². The lowest BCUT2D eigenvalue weighted by Gasteiger charge is -2.33. The molecule has 2 aliphatic rings. The first-order valence-electron chi connectivity index (χ1n) is 12.3. The molecule has 210 valence electrons. The van der Waals surface area contributed by atoms with Crippen molar-refractivity contribution in [1.82, 2.24) is 20.1 Å². The van der Waals surface area contributed by atoms with Gasteiger partial charge in [-0.2, -0.15) is 18.2 Å². The lowest BCUT2D eigenvalue weighted by Crippen LogP contribution is -2.39. The molecule has 2 aliphatic heterocycles. The van der Waals surface area contributed by atoms with Crippen LogP contribution in [0.3, 0.4) is 0 Å². The number of nitrogens with zero attached hydrogens (tertiary/aromatic N) is 6. The molecule has 0 aliphatic carbocycles. The molecule has 2 fully saturated rings. The molecule has 0 bridgehead atoms. The molecule has 39 heavy (non-hydrogen) atoms. The van der Waals surface area contributed by atoms with Gasteiger partial charge >= 0.3 is 12.2 Å². The summed E-state index contributed by atoms with van der Waals surface area (Å²) in [6.45, 7) is 3.28. The van der Waals surface area contributed by atoms with Gasteiger partial charge in [-0.25, -0.2) is 23.1 Å². The monoisotopic (exact) mass is 557 g/mol. The van der Waals surface area contributed by atoms with Gasteiger partial charge in [-0.1, -0.05) is 0 Å². The van der Waals surface area contributed by atoms with E-state index in [4.69, 9.17) is 15.0 Å². The predicted molar refractivity (Wildman–Crippen MR) is 126 cm³/mol. The van der Waals surface area contributed by atoms with E-state index < -0.39 is 41.4 Å². The molecule has 15 heteroatoms. The van der Waals surface area contributed by atoms with E-state index in [0.29, 0.717) is 50.2 Å². The lowest BCUT2D eigenvalue weighted by molar-refractivity contribution is -0.146. The Bertz CT molecular complexity index is 1300. The molecular weight excluding hydrogens is 532 g/mol. The number of alkyl halides is 3. The highest BCUT2D eigenvalue weighted by Gasteiger charge is 2.39. The van der Waals surface area contributed by atoms with Crippen LogP contribution >= 0.6 is 0 Å². The van der Waals surface area contributed by atoms with Crippen LogP contribution in [0, 0.1) is 23.4 Å². The van der Waals surface area contributed by atoms with Gasteiger partial charge in [0.15, 0.2) is 17.4 Å². The predicted octanol–water partition coefficient (Wildman–Crippen LogP) is 3.91. The van der Waals surface area contributed by atoms with E-state index in [1.54, 1.807) is 9.80 Å². The summed E-state index contributed by atoms with van der Waals surface area (Å²) in [5, 5.41) is 3.00. The van der Waals surface area contributed by atoms with Crippen LogP contribution in [0.1, 0.15) is 37.1 Å². The minimum atomic E-state index is -4.66. The van der Waals surface area contributed by atoms with E-state index in [1.165, 1.54) is 12.4 Å². The Kier molecular flexibility index (Phi) is 7.27. The molecule has 4 heterocycles. The Hall–Kier alpha value is -3.62. The van der Waals surface area contributed by atoms with Gasteiger partial charge in [-0.3, -0.25) is 0 Å².